The van der Waals surface area contributed by atoms with Crippen LogP contribution in [0.4, 0.5) is 9.52 Å². The number of benzene rings is 1. The van der Waals surface area contributed by atoms with E-state index < -0.39 is 21.8 Å². The highest BCUT2D eigenvalue weighted by atomic mass is 35.5. The Bertz CT molecular complexity index is 823. The van der Waals surface area contributed by atoms with Crippen LogP contribution in [0, 0.1) is 5.82 Å². The van der Waals surface area contributed by atoms with Crippen LogP contribution in [0.5, 0.6) is 0 Å². The zero-order valence-corrected chi connectivity index (χ0v) is 14.3. The van der Waals surface area contributed by atoms with Gasteiger partial charge in [0.15, 0.2) is 5.13 Å². The average molecular weight is 379 g/mol. The molecule has 0 radical (unpaired) electrons. The van der Waals surface area contributed by atoms with E-state index in [0.717, 1.165) is 29.5 Å². The summed E-state index contributed by atoms with van der Waals surface area (Å²) in [4.78, 5) is 15.2. The van der Waals surface area contributed by atoms with Crippen LogP contribution < -0.4 is 4.72 Å². The molecular weight excluding hydrogens is 367 g/mol. The lowest BCUT2D eigenvalue weighted by molar-refractivity contribution is -0.142. The van der Waals surface area contributed by atoms with Crippen molar-refractivity contribution in [1.29, 1.82) is 0 Å². The highest BCUT2D eigenvalue weighted by Crippen LogP contribution is 2.23. The van der Waals surface area contributed by atoms with Gasteiger partial charge in [-0.2, -0.15) is 0 Å². The van der Waals surface area contributed by atoms with Crippen LogP contribution in [0.3, 0.4) is 0 Å². The lowest BCUT2D eigenvalue weighted by Gasteiger charge is -2.05. The summed E-state index contributed by atoms with van der Waals surface area (Å²) < 4.78 is 44.5. The van der Waals surface area contributed by atoms with Crippen molar-refractivity contribution >= 4 is 44.1 Å². The maximum Gasteiger partial charge on any atom is 0.311 e. The number of hydrogen-bond acceptors (Lipinski definition) is 6. The molecule has 23 heavy (non-hydrogen) atoms. The van der Waals surface area contributed by atoms with Gasteiger partial charge in [-0.25, -0.2) is 17.8 Å². The van der Waals surface area contributed by atoms with E-state index in [2.05, 4.69) is 9.71 Å². The second-order valence-electron chi connectivity index (χ2n) is 4.31. The number of nitrogens with one attached hydrogen (secondary N) is 1. The maximum atomic E-state index is 13.1. The Morgan fingerprint density at radius 3 is 2.87 bits per heavy atom. The number of rotatable bonds is 6. The van der Waals surface area contributed by atoms with Crippen LogP contribution in [0.15, 0.2) is 28.5 Å². The van der Waals surface area contributed by atoms with Gasteiger partial charge in [-0.1, -0.05) is 11.6 Å². The smallest absolute Gasteiger partial charge is 0.311 e. The molecular formula is C13H12ClFN2O4S2. The Morgan fingerprint density at radius 2 is 2.22 bits per heavy atom. The second-order valence-corrected chi connectivity index (χ2v) is 7.25. The molecule has 0 fully saturated rings. The molecule has 2 rings (SSSR count). The number of esters is 1. The number of ether oxygens (including phenoxy) is 1. The van der Waals surface area contributed by atoms with Crippen molar-refractivity contribution in [3.05, 3.63) is 40.1 Å². The quantitative estimate of drug-likeness (QED) is 0.781. The molecule has 0 saturated carbocycles. The zero-order chi connectivity index (χ0) is 17.0. The van der Waals surface area contributed by atoms with Crippen LogP contribution in [-0.2, 0) is 26.0 Å². The van der Waals surface area contributed by atoms with Crippen molar-refractivity contribution in [2.24, 2.45) is 0 Å². The predicted molar refractivity (Wildman–Crippen MR) is 84.7 cm³/mol. The normalized spacial score (nSPS) is 11.3. The minimum atomic E-state index is -3.95. The summed E-state index contributed by atoms with van der Waals surface area (Å²) in [6.07, 6.45) is -0.0472. The first-order chi connectivity index (χ1) is 10.8. The number of hydrogen-bond donors (Lipinski definition) is 1. The van der Waals surface area contributed by atoms with Gasteiger partial charge in [0.05, 0.1) is 28.6 Å². The molecule has 1 aromatic carbocycles. The fraction of sp³-hybridized carbons (Fsp3) is 0.231. The summed E-state index contributed by atoms with van der Waals surface area (Å²) >= 11 is 6.60. The molecule has 124 valence electrons. The molecule has 0 aliphatic heterocycles. The minimum absolute atomic E-state index is 0.0472. The summed E-state index contributed by atoms with van der Waals surface area (Å²) in [5.41, 5.74) is 0.392. The van der Waals surface area contributed by atoms with E-state index in [0.29, 0.717) is 5.69 Å². The van der Waals surface area contributed by atoms with Gasteiger partial charge in [0.1, 0.15) is 5.82 Å². The molecule has 10 heteroatoms. The third-order valence-electron chi connectivity index (χ3n) is 2.61. The Morgan fingerprint density at radius 1 is 1.48 bits per heavy atom. The number of nitrogens with zero attached hydrogens (tertiary/aromatic N) is 1. The number of sulfonamides is 1. The van der Waals surface area contributed by atoms with Crippen molar-refractivity contribution in [2.75, 3.05) is 11.3 Å². The van der Waals surface area contributed by atoms with Crippen molar-refractivity contribution in [3.8, 4) is 0 Å². The van der Waals surface area contributed by atoms with Crippen LogP contribution in [0.2, 0.25) is 5.02 Å². The Balaban J connectivity index is 2.13. The van der Waals surface area contributed by atoms with Crippen molar-refractivity contribution < 1.29 is 22.3 Å². The summed E-state index contributed by atoms with van der Waals surface area (Å²) in [5.74, 6) is -1.16. The minimum Gasteiger partial charge on any atom is -0.466 e. The lowest BCUT2D eigenvalue weighted by Crippen LogP contribution is -2.13. The lowest BCUT2D eigenvalue weighted by atomic mass is 10.3. The van der Waals surface area contributed by atoms with Crippen LogP contribution in [-0.4, -0.2) is 26.0 Å². The maximum absolute atomic E-state index is 13.1. The van der Waals surface area contributed by atoms with Gasteiger partial charge in [0.2, 0.25) is 0 Å². The molecule has 6 nitrogen and oxygen atoms in total. The fourth-order valence-corrected chi connectivity index (χ4v) is 3.85. The van der Waals surface area contributed by atoms with Crippen molar-refractivity contribution in [3.63, 3.8) is 0 Å². The highest BCUT2D eigenvalue weighted by molar-refractivity contribution is 7.93. The van der Waals surface area contributed by atoms with E-state index in [9.17, 15) is 17.6 Å². The number of anilines is 1. The van der Waals surface area contributed by atoms with Gasteiger partial charge in [0.25, 0.3) is 10.0 Å². The highest BCUT2D eigenvalue weighted by Gasteiger charge is 2.18. The number of carbonyl (C=O) groups is 1. The predicted octanol–water partition coefficient (Wildman–Crippen LogP) is 2.84. The third-order valence-corrected chi connectivity index (χ3v) is 5.17. The standard InChI is InChI=1S/C13H12ClFN2O4S2/c1-2-21-12(18)5-8-7-22-13(16-8)17-23(19,20)9-3-4-11(15)10(14)6-9/h3-4,6-7H,2,5H2,1H3,(H,16,17). The van der Waals surface area contributed by atoms with E-state index in [4.69, 9.17) is 16.3 Å². The van der Waals surface area contributed by atoms with E-state index in [1.165, 1.54) is 0 Å². The van der Waals surface area contributed by atoms with Gasteiger partial charge in [-0.05, 0) is 25.1 Å². The second kappa shape index (κ2) is 7.24. The van der Waals surface area contributed by atoms with Crippen molar-refractivity contribution in [1.82, 2.24) is 4.98 Å². The first kappa shape index (κ1) is 17.6. The summed E-state index contributed by atoms with van der Waals surface area (Å²) in [7, 11) is -3.95. The number of carbonyl (C=O) groups excluding carboxylic acids is 1. The molecule has 0 amide bonds. The first-order valence-corrected chi connectivity index (χ1v) is 9.14. The Hall–Kier alpha value is -1.71. The summed E-state index contributed by atoms with van der Waals surface area (Å²) in [6, 6.07) is 3.06. The van der Waals surface area contributed by atoms with Crippen LogP contribution >= 0.6 is 22.9 Å². The number of thiazole rings is 1. The topological polar surface area (TPSA) is 85.4 Å². The molecule has 1 heterocycles. The van der Waals surface area contributed by atoms with E-state index in [-0.39, 0.29) is 28.1 Å². The SMILES string of the molecule is CCOC(=O)Cc1csc(NS(=O)(=O)c2ccc(F)c(Cl)c2)n1. The van der Waals surface area contributed by atoms with Crippen LogP contribution in [0.1, 0.15) is 12.6 Å². The number of aromatic nitrogens is 1. The summed E-state index contributed by atoms with van der Waals surface area (Å²) in [5, 5.41) is 1.34. The molecule has 1 aromatic heterocycles. The largest absolute Gasteiger partial charge is 0.466 e. The van der Waals surface area contributed by atoms with Crippen molar-refractivity contribution in [2.45, 2.75) is 18.2 Å². The van der Waals surface area contributed by atoms with Gasteiger partial charge in [-0.15, -0.1) is 11.3 Å². The molecule has 1 N–H and O–H groups in total. The third kappa shape index (κ3) is 4.63. The zero-order valence-electron chi connectivity index (χ0n) is 11.9. The monoisotopic (exact) mass is 378 g/mol. The Labute approximate surface area is 141 Å². The molecule has 2 aromatic rings. The fourth-order valence-electron chi connectivity index (χ4n) is 1.61. The number of halogens is 2. The summed E-state index contributed by atoms with van der Waals surface area (Å²) in [6.45, 7) is 1.94. The molecule has 0 aliphatic rings. The van der Waals surface area contributed by atoms with Gasteiger partial charge >= 0.3 is 5.97 Å². The van der Waals surface area contributed by atoms with E-state index >= 15 is 0 Å². The van der Waals surface area contributed by atoms with Gasteiger partial charge < -0.3 is 4.74 Å². The Kier molecular flexibility index (Phi) is 5.55. The molecule has 0 unspecified atom stereocenters. The van der Waals surface area contributed by atoms with Crippen LogP contribution in [0.25, 0.3) is 0 Å². The van der Waals surface area contributed by atoms with E-state index in [1.807, 2.05) is 0 Å². The molecule has 0 atom stereocenters. The average Bonchev–Trinajstić information content (AvgIpc) is 2.88. The molecule has 0 bridgehead atoms. The van der Waals surface area contributed by atoms with Gasteiger partial charge in [-0.3, -0.25) is 9.52 Å². The molecule has 0 saturated heterocycles. The van der Waals surface area contributed by atoms with Gasteiger partial charge in [0, 0.05) is 5.38 Å². The molecule has 0 aliphatic carbocycles. The van der Waals surface area contributed by atoms with E-state index in [1.54, 1.807) is 12.3 Å². The first-order valence-electron chi connectivity index (χ1n) is 6.39. The molecule has 0 spiro atoms.